The van der Waals surface area contributed by atoms with Crippen LogP contribution in [0, 0.1) is 13.8 Å². The van der Waals surface area contributed by atoms with Crippen LogP contribution in [0.5, 0.6) is 5.75 Å². The molecule has 0 spiro atoms. The molecular formula is C18H27N5O2. The van der Waals surface area contributed by atoms with Gasteiger partial charge in [0.05, 0.1) is 6.54 Å². The van der Waals surface area contributed by atoms with Crippen LogP contribution in [0.1, 0.15) is 30.6 Å². The summed E-state index contributed by atoms with van der Waals surface area (Å²) in [6.45, 7) is 7.33. The Kier molecular flexibility index (Phi) is 7.25. The molecule has 0 amide bonds. The van der Waals surface area contributed by atoms with E-state index in [1.54, 1.807) is 7.05 Å². The molecule has 0 fully saturated rings. The van der Waals surface area contributed by atoms with Crippen molar-refractivity contribution in [3.63, 3.8) is 0 Å². The van der Waals surface area contributed by atoms with Crippen molar-refractivity contribution in [3.8, 4) is 5.75 Å². The molecule has 1 heterocycles. The van der Waals surface area contributed by atoms with Gasteiger partial charge in [0.1, 0.15) is 11.9 Å². The van der Waals surface area contributed by atoms with Gasteiger partial charge in [0, 0.05) is 20.0 Å². The van der Waals surface area contributed by atoms with Crippen LogP contribution >= 0.6 is 0 Å². The number of aryl methyl sites for hydroxylation is 3. The van der Waals surface area contributed by atoms with Crippen LogP contribution in [0.15, 0.2) is 33.8 Å². The SMILES string of the molecule is CN=C(NCCCc1nc(C)no1)NCC(C)Oc1ccccc1C. The number of ether oxygens (including phenoxy) is 1. The minimum atomic E-state index is 0.0287. The zero-order valence-electron chi connectivity index (χ0n) is 15.4. The lowest BCUT2D eigenvalue weighted by Crippen LogP contribution is -2.42. The largest absolute Gasteiger partial charge is 0.489 e. The molecule has 0 aliphatic rings. The van der Waals surface area contributed by atoms with Gasteiger partial charge in [-0.15, -0.1) is 0 Å². The number of rotatable bonds is 8. The molecule has 2 aromatic rings. The van der Waals surface area contributed by atoms with Gasteiger partial charge in [0.15, 0.2) is 11.8 Å². The summed E-state index contributed by atoms with van der Waals surface area (Å²) in [4.78, 5) is 8.41. The van der Waals surface area contributed by atoms with E-state index in [0.717, 1.165) is 36.7 Å². The summed E-state index contributed by atoms with van der Waals surface area (Å²) in [5.74, 6) is 3.00. The predicted molar refractivity (Wildman–Crippen MR) is 98.0 cm³/mol. The van der Waals surface area contributed by atoms with Crippen molar-refractivity contribution in [3.05, 3.63) is 41.5 Å². The Morgan fingerprint density at radius 2 is 2.08 bits per heavy atom. The summed E-state index contributed by atoms with van der Waals surface area (Å²) in [6.07, 6.45) is 1.66. The molecule has 7 nitrogen and oxygen atoms in total. The lowest BCUT2D eigenvalue weighted by molar-refractivity contribution is 0.222. The van der Waals surface area contributed by atoms with E-state index >= 15 is 0 Å². The van der Waals surface area contributed by atoms with Crippen molar-refractivity contribution in [2.45, 2.75) is 39.7 Å². The first kappa shape index (κ1) is 18.8. The summed E-state index contributed by atoms with van der Waals surface area (Å²) in [7, 11) is 1.75. The molecular weight excluding hydrogens is 318 g/mol. The minimum Gasteiger partial charge on any atom is -0.489 e. The van der Waals surface area contributed by atoms with Crippen molar-refractivity contribution in [2.24, 2.45) is 4.99 Å². The van der Waals surface area contributed by atoms with E-state index in [4.69, 9.17) is 9.26 Å². The fraction of sp³-hybridized carbons (Fsp3) is 0.500. The Bertz CT molecular complexity index is 684. The van der Waals surface area contributed by atoms with Gasteiger partial charge in [-0.3, -0.25) is 4.99 Å². The van der Waals surface area contributed by atoms with E-state index in [1.807, 2.05) is 45.0 Å². The molecule has 0 aliphatic heterocycles. The number of benzene rings is 1. The lowest BCUT2D eigenvalue weighted by atomic mass is 10.2. The van der Waals surface area contributed by atoms with E-state index in [-0.39, 0.29) is 6.10 Å². The zero-order chi connectivity index (χ0) is 18.1. The van der Waals surface area contributed by atoms with Crippen LogP contribution in [0.2, 0.25) is 0 Å². The molecule has 1 atom stereocenters. The Morgan fingerprint density at radius 3 is 2.76 bits per heavy atom. The zero-order valence-corrected chi connectivity index (χ0v) is 15.4. The maximum Gasteiger partial charge on any atom is 0.226 e. The number of hydrogen-bond donors (Lipinski definition) is 2. The first-order chi connectivity index (χ1) is 12.1. The van der Waals surface area contributed by atoms with Crippen LogP contribution < -0.4 is 15.4 Å². The molecule has 25 heavy (non-hydrogen) atoms. The predicted octanol–water partition coefficient (Wildman–Crippen LogP) is 2.25. The monoisotopic (exact) mass is 345 g/mol. The number of hydrogen-bond acceptors (Lipinski definition) is 5. The van der Waals surface area contributed by atoms with Crippen molar-refractivity contribution >= 4 is 5.96 Å². The van der Waals surface area contributed by atoms with Crippen molar-refractivity contribution in [1.29, 1.82) is 0 Å². The number of aliphatic imine (C=N–C) groups is 1. The van der Waals surface area contributed by atoms with Crippen molar-refractivity contribution in [2.75, 3.05) is 20.1 Å². The number of aromatic nitrogens is 2. The quantitative estimate of drug-likeness (QED) is 0.434. The molecule has 2 rings (SSSR count). The third-order valence-electron chi connectivity index (χ3n) is 3.63. The minimum absolute atomic E-state index is 0.0287. The van der Waals surface area contributed by atoms with Gasteiger partial charge in [-0.1, -0.05) is 23.4 Å². The second-order valence-electron chi connectivity index (χ2n) is 5.91. The Labute approximate surface area is 148 Å². The highest BCUT2D eigenvalue weighted by atomic mass is 16.5. The second-order valence-corrected chi connectivity index (χ2v) is 5.91. The highest BCUT2D eigenvalue weighted by molar-refractivity contribution is 5.79. The average molecular weight is 345 g/mol. The van der Waals surface area contributed by atoms with Gasteiger partial charge in [-0.05, 0) is 38.8 Å². The number of guanidine groups is 1. The fourth-order valence-corrected chi connectivity index (χ4v) is 2.30. The van der Waals surface area contributed by atoms with E-state index in [1.165, 1.54) is 0 Å². The standard InChI is InChI=1S/C18H27N5O2/c1-13-8-5-6-9-16(13)24-14(2)12-21-18(19-4)20-11-7-10-17-22-15(3)23-25-17/h5-6,8-9,14H,7,10-12H2,1-4H3,(H2,19,20,21). The van der Waals surface area contributed by atoms with Crippen molar-refractivity contribution < 1.29 is 9.26 Å². The molecule has 1 unspecified atom stereocenters. The number of para-hydroxylation sites is 1. The molecule has 2 N–H and O–H groups in total. The van der Waals surface area contributed by atoms with Gasteiger partial charge >= 0.3 is 0 Å². The lowest BCUT2D eigenvalue weighted by Gasteiger charge is -2.18. The molecule has 1 aromatic carbocycles. The molecule has 0 bridgehead atoms. The van der Waals surface area contributed by atoms with E-state index < -0.39 is 0 Å². The number of nitrogens with one attached hydrogen (secondary N) is 2. The van der Waals surface area contributed by atoms with Crippen LogP contribution in [0.3, 0.4) is 0 Å². The highest BCUT2D eigenvalue weighted by Crippen LogP contribution is 2.17. The normalized spacial score (nSPS) is 12.7. The Hall–Kier alpha value is -2.57. The smallest absolute Gasteiger partial charge is 0.226 e. The molecule has 7 heteroatoms. The van der Waals surface area contributed by atoms with E-state index in [2.05, 4.69) is 25.8 Å². The summed E-state index contributed by atoms with van der Waals surface area (Å²) in [6, 6.07) is 8.01. The van der Waals surface area contributed by atoms with E-state index in [9.17, 15) is 0 Å². The van der Waals surface area contributed by atoms with Gasteiger partial charge in [-0.2, -0.15) is 4.98 Å². The van der Waals surface area contributed by atoms with Crippen molar-refractivity contribution in [1.82, 2.24) is 20.8 Å². The van der Waals surface area contributed by atoms with E-state index in [0.29, 0.717) is 18.3 Å². The average Bonchev–Trinajstić information content (AvgIpc) is 3.01. The summed E-state index contributed by atoms with van der Waals surface area (Å²) in [5, 5.41) is 10.3. The molecule has 0 saturated carbocycles. The first-order valence-corrected chi connectivity index (χ1v) is 8.54. The number of nitrogens with zero attached hydrogens (tertiary/aromatic N) is 3. The van der Waals surface area contributed by atoms with Gasteiger partial charge in [0.2, 0.25) is 5.89 Å². The van der Waals surface area contributed by atoms with Crippen LogP contribution in [0.4, 0.5) is 0 Å². The Morgan fingerprint density at radius 1 is 1.28 bits per heavy atom. The highest BCUT2D eigenvalue weighted by Gasteiger charge is 2.07. The second kappa shape index (κ2) is 9.66. The summed E-state index contributed by atoms with van der Waals surface area (Å²) >= 11 is 0. The third kappa shape index (κ3) is 6.45. The first-order valence-electron chi connectivity index (χ1n) is 8.54. The molecule has 136 valence electrons. The molecule has 0 saturated heterocycles. The van der Waals surface area contributed by atoms with Crippen LogP contribution in [-0.2, 0) is 6.42 Å². The maximum absolute atomic E-state index is 5.95. The third-order valence-corrected chi connectivity index (χ3v) is 3.63. The molecule has 0 aliphatic carbocycles. The molecule has 0 radical (unpaired) electrons. The van der Waals surface area contributed by atoms with Gasteiger partial charge in [-0.25, -0.2) is 0 Å². The molecule has 1 aromatic heterocycles. The van der Waals surface area contributed by atoms with Crippen LogP contribution in [0.25, 0.3) is 0 Å². The summed E-state index contributed by atoms with van der Waals surface area (Å²) in [5.41, 5.74) is 1.13. The fourth-order valence-electron chi connectivity index (χ4n) is 2.30. The Balaban J connectivity index is 1.66. The van der Waals surface area contributed by atoms with Gasteiger partial charge < -0.3 is 19.9 Å². The maximum atomic E-state index is 5.95. The topological polar surface area (TPSA) is 84.6 Å². The van der Waals surface area contributed by atoms with Gasteiger partial charge in [0.25, 0.3) is 0 Å². The van der Waals surface area contributed by atoms with Crippen LogP contribution in [-0.4, -0.2) is 42.3 Å². The summed E-state index contributed by atoms with van der Waals surface area (Å²) < 4.78 is 11.0.